The quantitative estimate of drug-likeness (QED) is 0.652. The average molecular weight is 358 g/mol. The fraction of sp³-hybridized carbons (Fsp3) is 0.600. The molecule has 0 aliphatic carbocycles. The number of hydrogen-bond donors (Lipinski definition) is 2. The van der Waals surface area contributed by atoms with Gasteiger partial charge in [0.25, 0.3) is 5.56 Å². The largest absolute Gasteiger partial charge is 0.456 e. The fourth-order valence-corrected chi connectivity index (χ4v) is 2.63. The molecule has 0 spiro atoms. The minimum absolute atomic E-state index is 0.0536. The van der Waals surface area contributed by atoms with E-state index < -0.39 is 47.9 Å². The molecular formula is C15H19FN2O7. The number of ether oxygens (including phenoxy) is 2. The molecule has 2 rings (SSSR count). The first-order chi connectivity index (χ1) is 11.7. The fourth-order valence-electron chi connectivity index (χ4n) is 2.63. The monoisotopic (exact) mass is 358 g/mol. The molecule has 138 valence electrons. The van der Waals surface area contributed by atoms with Gasteiger partial charge in [0.05, 0.1) is 13.0 Å². The SMILES string of the molecule is CC(=O)CCC(=O)OC1C(CO)OC(n2ccc(=O)[nH]c2=O)C1(C)F. The molecule has 1 aliphatic rings. The smallest absolute Gasteiger partial charge is 0.330 e. The van der Waals surface area contributed by atoms with Crippen LogP contribution in [-0.4, -0.2) is 50.9 Å². The van der Waals surface area contributed by atoms with E-state index >= 15 is 4.39 Å². The number of aromatic nitrogens is 2. The molecule has 9 nitrogen and oxygen atoms in total. The highest BCUT2D eigenvalue weighted by molar-refractivity contribution is 5.81. The zero-order chi connectivity index (χ0) is 18.8. The van der Waals surface area contributed by atoms with Crippen molar-refractivity contribution in [3.8, 4) is 0 Å². The van der Waals surface area contributed by atoms with E-state index in [2.05, 4.69) is 0 Å². The third-order valence-corrected chi connectivity index (χ3v) is 3.90. The summed E-state index contributed by atoms with van der Waals surface area (Å²) in [6.07, 6.45) is -3.44. The molecule has 0 radical (unpaired) electrons. The summed E-state index contributed by atoms with van der Waals surface area (Å²) in [4.78, 5) is 47.7. The predicted molar refractivity (Wildman–Crippen MR) is 81.6 cm³/mol. The average Bonchev–Trinajstić information content (AvgIpc) is 2.76. The van der Waals surface area contributed by atoms with Crippen LogP contribution in [0.2, 0.25) is 0 Å². The highest BCUT2D eigenvalue weighted by atomic mass is 19.1. The third-order valence-electron chi connectivity index (χ3n) is 3.90. The molecule has 2 heterocycles. The lowest BCUT2D eigenvalue weighted by Gasteiger charge is -2.27. The van der Waals surface area contributed by atoms with Gasteiger partial charge in [-0.05, 0) is 13.8 Å². The van der Waals surface area contributed by atoms with Crippen LogP contribution < -0.4 is 11.2 Å². The summed E-state index contributed by atoms with van der Waals surface area (Å²) < 4.78 is 26.5. The van der Waals surface area contributed by atoms with Gasteiger partial charge in [-0.15, -0.1) is 0 Å². The Morgan fingerprint density at radius 1 is 1.44 bits per heavy atom. The number of nitrogens with zero attached hydrogens (tertiary/aromatic N) is 1. The number of nitrogens with one attached hydrogen (secondary N) is 1. The first-order valence-electron chi connectivity index (χ1n) is 7.62. The molecule has 1 fully saturated rings. The molecular weight excluding hydrogens is 339 g/mol. The van der Waals surface area contributed by atoms with Crippen molar-refractivity contribution in [2.24, 2.45) is 0 Å². The Labute approximate surface area is 141 Å². The number of esters is 1. The van der Waals surface area contributed by atoms with Crippen LogP contribution in [0.3, 0.4) is 0 Å². The van der Waals surface area contributed by atoms with Gasteiger partial charge in [-0.3, -0.25) is 19.1 Å². The Balaban J connectivity index is 2.26. The van der Waals surface area contributed by atoms with Crippen LogP contribution in [0, 0.1) is 0 Å². The van der Waals surface area contributed by atoms with Gasteiger partial charge in [0.15, 0.2) is 18.0 Å². The lowest BCUT2D eigenvalue weighted by Crippen LogP contribution is -2.46. The van der Waals surface area contributed by atoms with Crippen molar-refractivity contribution in [3.63, 3.8) is 0 Å². The van der Waals surface area contributed by atoms with Crippen molar-refractivity contribution in [1.82, 2.24) is 9.55 Å². The zero-order valence-corrected chi connectivity index (χ0v) is 13.7. The number of halogens is 1. The third kappa shape index (κ3) is 4.02. The van der Waals surface area contributed by atoms with E-state index in [0.717, 1.165) is 23.8 Å². The summed E-state index contributed by atoms with van der Waals surface area (Å²) in [6, 6.07) is 1.01. The molecule has 4 unspecified atom stereocenters. The van der Waals surface area contributed by atoms with Gasteiger partial charge in [0, 0.05) is 18.7 Å². The van der Waals surface area contributed by atoms with E-state index in [1.165, 1.54) is 6.92 Å². The maximum absolute atomic E-state index is 15.3. The lowest BCUT2D eigenvalue weighted by atomic mass is 9.98. The minimum Gasteiger partial charge on any atom is -0.456 e. The molecule has 1 saturated heterocycles. The second-order valence-corrected chi connectivity index (χ2v) is 5.99. The summed E-state index contributed by atoms with van der Waals surface area (Å²) in [5, 5.41) is 9.40. The summed E-state index contributed by atoms with van der Waals surface area (Å²) >= 11 is 0. The highest BCUT2D eigenvalue weighted by Gasteiger charge is 2.57. The van der Waals surface area contributed by atoms with E-state index in [-0.39, 0.29) is 18.6 Å². The molecule has 25 heavy (non-hydrogen) atoms. The molecule has 1 aliphatic heterocycles. The Bertz CT molecular complexity index is 770. The Morgan fingerprint density at radius 2 is 2.12 bits per heavy atom. The second kappa shape index (κ2) is 7.28. The second-order valence-electron chi connectivity index (χ2n) is 5.99. The topological polar surface area (TPSA) is 128 Å². The Morgan fingerprint density at radius 3 is 2.68 bits per heavy atom. The van der Waals surface area contributed by atoms with Gasteiger partial charge in [-0.25, -0.2) is 9.18 Å². The number of ketones is 1. The van der Waals surface area contributed by atoms with Crippen LogP contribution in [-0.2, 0) is 19.1 Å². The zero-order valence-electron chi connectivity index (χ0n) is 13.7. The van der Waals surface area contributed by atoms with E-state index in [1.54, 1.807) is 0 Å². The van der Waals surface area contributed by atoms with Gasteiger partial charge in [-0.2, -0.15) is 0 Å². The molecule has 10 heteroatoms. The maximum Gasteiger partial charge on any atom is 0.330 e. The first kappa shape index (κ1) is 19.0. The number of carbonyl (C=O) groups excluding carboxylic acids is 2. The number of rotatable bonds is 6. The van der Waals surface area contributed by atoms with Crippen molar-refractivity contribution in [2.75, 3.05) is 6.61 Å². The van der Waals surface area contributed by atoms with Crippen LogP contribution in [0.1, 0.15) is 32.9 Å². The van der Waals surface area contributed by atoms with E-state index in [1.807, 2.05) is 4.98 Å². The van der Waals surface area contributed by atoms with Crippen molar-refractivity contribution in [3.05, 3.63) is 33.1 Å². The number of aliphatic hydroxyl groups is 1. The van der Waals surface area contributed by atoms with Crippen molar-refractivity contribution in [1.29, 1.82) is 0 Å². The van der Waals surface area contributed by atoms with Crippen LogP contribution >= 0.6 is 0 Å². The molecule has 0 aromatic carbocycles. The Kier molecular flexibility index (Phi) is 5.53. The van der Waals surface area contributed by atoms with Crippen molar-refractivity contribution < 1.29 is 28.6 Å². The standard InChI is InChI=1S/C15H19FN2O7/c1-8(20)3-4-11(22)25-12-9(7-19)24-13(15(12,2)16)18-6-5-10(21)17-14(18)23/h5-6,9,12-13,19H,3-4,7H2,1-2H3,(H,17,21,23). The molecule has 0 saturated carbocycles. The molecule has 1 aromatic rings. The highest BCUT2D eigenvalue weighted by Crippen LogP contribution is 2.42. The first-order valence-corrected chi connectivity index (χ1v) is 7.62. The number of aliphatic hydroxyl groups excluding tert-OH is 1. The molecule has 0 bridgehead atoms. The van der Waals surface area contributed by atoms with Crippen molar-refractivity contribution >= 4 is 11.8 Å². The number of alkyl halides is 1. The van der Waals surface area contributed by atoms with Gasteiger partial charge in [0.1, 0.15) is 11.9 Å². The van der Waals surface area contributed by atoms with Gasteiger partial charge in [-0.1, -0.05) is 0 Å². The molecule has 1 aromatic heterocycles. The van der Waals surface area contributed by atoms with Gasteiger partial charge in [0.2, 0.25) is 0 Å². The number of hydrogen-bond acceptors (Lipinski definition) is 7. The summed E-state index contributed by atoms with van der Waals surface area (Å²) in [5.74, 6) is -1.04. The normalized spacial score (nSPS) is 28.7. The Hall–Kier alpha value is -2.33. The predicted octanol–water partition coefficient (Wildman–Crippen LogP) is -0.564. The molecule has 2 N–H and O–H groups in total. The minimum atomic E-state index is -2.36. The van der Waals surface area contributed by atoms with Crippen LogP contribution in [0.5, 0.6) is 0 Å². The van der Waals surface area contributed by atoms with E-state index in [9.17, 15) is 24.3 Å². The lowest BCUT2D eigenvalue weighted by molar-refractivity contribution is -0.159. The molecule has 0 amide bonds. The van der Waals surface area contributed by atoms with E-state index in [4.69, 9.17) is 9.47 Å². The number of carbonyl (C=O) groups is 2. The number of Topliss-reactive ketones (excluding diaryl/α,β-unsaturated/α-hetero) is 1. The summed E-state index contributed by atoms with van der Waals surface area (Å²) in [5.41, 5.74) is -3.92. The van der Waals surface area contributed by atoms with Gasteiger partial charge < -0.3 is 19.4 Å². The van der Waals surface area contributed by atoms with Gasteiger partial charge >= 0.3 is 11.7 Å². The number of aromatic amines is 1. The van der Waals surface area contributed by atoms with Crippen LogP contribution in [0.4, 0.5) is 4.39 Å². The van der Waals surface area contributed by atoms with E-state index in [0.29, 0.717) is 0 Å². The number of H-pyrrole nitrogens is 1. The summed E-state index contributed by atoms with van der Waals surface area (Å²) in [6.45, 7) is 1.72. The van der Waals surface area contributed by atoms with Crippen LogP contribution in [0.25, 0.3) is 0 Å². The summed E-state index contributed by atoms with van der Waals surface area (Å²) in [7, 11) is 0. The maximum atomic E-state index is 15.3. The van der Waals surface area contributed by atoms with Crippen LogP contribution in [0.15, 0.2) is 21.9 Å². The molecule has 4 atom stereocenters. The van der Waals surface area contributed by atoms with Crippen molar-refractivity contribution in [2.45, 2.75) is 50.8 Å².